The molecule has 4 aliphatic rings. The van der Waals surface area contributed by atoms with Crippen molar-refractivity contribution in [2.24, 2.45) is 0 Å². The minimum Gasteiger partial charge on any atom is -0.394 e. The van der Waals surface area contributed by atoms with Crippen molar-refractivity contribution in [1.82, 2.24) is 21.3 Å². The van der Waals surface area contributed by atoms with Crippen LogP contribution in [-0.2, 0) is 52.3 Å². The number of ether oxygens (including phenoxy) is 7. The molecular formula is C48H84N4O21. The Morgan fingerprint density at radius 1 is 0.438 bits per heavy atom. The summed E-state index contributed by atoms with van der Waals surface area (Å²) in [6, 6.07) is -6.17. The number of hydrogen-bond donors (Lipinski definition) is 14. The Kier molecular flexibility index (Phi) is 27.3. The van der Waals surface area contributed by atoms with Crippen molar-refractivity contribution in [2.75, 3.05) is 26.4 Å². The van der Waals surface area contributed by atoms with Crippen LogP contribution in [0.4, 0.5) is 0 Å². The third-order valence-electron chi connectivity index (χ3n) is 13.4. The van der Waals surface area contributed by atoms with E-state index < -0.39 is 173 Å². The first-order chi connectivity index (χ1) is 34.9. The van der Waals surface area contributed by atoms with E-state index in [1.807, 2.05) is 0 Å². The van der Waals surface area contributed by atoms with E-state index in [1.165, 1.54) is 38.5 Å². The van der Waals surface area contributed by atoms with Gasteiger partial charge in [-0.3, -0.25) is 19.2 Å². The smallest absolute Gasteiger partial charge is 0.220 e. The lowest BCUT2D eigenvalue weighted by Gasteiger charge is -2.51. The Hall–Kier alpha value is -3.06. The molecule has 25 heteroatoms. The fourth-order valence-corrected chi connectivity index (χ4v) is 9.55. The van der Waals surface area contributed by atoms with E-state index in [2.05, 4.69) is 40.3 Å². The molecule has 0 aliphatic carbocycles. The van der Waals surface area contributed by atoms with Crippen LogP contribution in [0.1, 0.15) is 118 Å². The normalized spacial score (nSPS) is 36.9. The van der Waals surface area contributed by atoms with Crippen molar-refractivity contribution < 1.29 is 103 Å². The van der Waals surface area contributed by atoms with E-state index in [1.54, 1.807) is 0 Å². The van der Waals surface area contributed by atoms with Crippen LogP contribution in [0.5, 0.6) is 0 Å². The molecule has 3 unspecified atom stereocenters. The minimum atomic E-state index is -1.90. The Bertz CT molecular complexity index is 1690. The largest absolute Gasteiger partial charge is 0.394 e. The fourth-order valence-electron chi connectivity index (χ4n) is 9.55. The maximum Gasteiger partial charge on any atom is 0.220 e. The first-order valence-corrected chi connectivity index (χ1v) is 25.8. The van der Waals surface area contributed by atoms with Crippen molar-refractivity contribution in [3.05, 3.63) is 12.2 Å². The number of hydrogen-bond acceptors (Lipinski definition) is 21. The van der Waals surface area contributed by atoms with Crippen LogP contribution in [0.2, 0.25) is 0 Å². The first kappa shape index (κ1) is 62.5. The SMILES string of the molecule is CCCCCCCC/C=C\CCCCCCCC(=O)N[C@H]1[C@H](O[C@H]2C(O)[C@@H](NC(C)=O)[C@H](O[C@H]3[C@H](O)[C@@H](NC(C)=O)[C@H](O[C@H]4C(O)[C@@H](NC(C)=O)C(O)O[C@@H]4CO)O[C@@H]3CO)O[C@@H]2CO)O[C@H](CO)[C@@H](O)[C@@H]1O. The number of amides is 4. The van der Waals surface area contributed by atoms with Gasteiger partial charge in [0.05, 0.1) is 26.4 Å². The van der Waals surface area contributed by atoms with E-state index in [4.69, 9.17) is 33.2 Å². The van der Waals surface area contributed by atoms with Crippen molar-refractivity contribution in [2.45, 2.75) is 240 Å². The summed E-state index contributed by atoms with van der Waals surface area (Å²) in [6.07, 6.45) is -8.64. The average molecular weight is 1050 g/mol. The molecule has 4 rings (SSSR count). The van der Waals surface area contributed by atoms with Crippen LogP contribution in [-0.4, -0.2) is 224 Å². The summed E-state index contributed by atoms with van der Waals surface area (Å²) in [6.45, 7) is 2.04. The zero-order chi connectivity index (χ0) is 53.8. The van der Waals surface area contributed by atoms with Gasteiger partial charge in [0.15, 0.2) is 25.2 Å². The lowest BCUT2D eigenvalue weighted by molar-refractivity contribution is -0.362. The second kappa shape index (κ2) is 31.9. The molecule has 14 N–H and O–H groups in total. The van der Waals surface area contributed by atoms with Crippen LogP contribution < -0.4 is 21.3 Å². The maximum absolute atomic E-state index is 13.3. The summed E-state index contributed by atoms with van der Waals surface area (Å²) in [5.41, 5.74) is 0. The van der Waals surface area contributed by atoms with Crippen LogP contribution >= 0.6 is 0 Å². The molecule has 0 aromatic carbocycles. The van der Waals surface area contributed by atoms with Crippen molar-refractivity contribution >= 4 is 23.6 Å². The Balaban J connectivity index is 1.44. The molecule has 4 fully saturated rings. The van der Waals surface area contributed by atoms with Gasteiger partial charge in [-0.05, 0) is 32.1 Å². The van der Waals surface area contributed by atoms with Crippen LogP contribution in [0.15, 0.2) is 12.2 Å². The van der Waals surface area contributed by atoms with Gasteiger partial charge >= 0.3 is 0 Å². The molecule has 0 aromatic heterocycles. The summed E-state index contributed by atoms with van der Waals surface area (Å²) < 4.78 is 41.4. The van der Waals surface area contributed by atoms with Gasteiger partial charge in [-0.25, -0.2) is 0 Å². The highest BCUT2D eigenvalue weighted by molar-refractivity contribution is 5.76. The molecule has 422 valence electrons. The number of aliphatic hydroxyl groups excluding tert-OH is 10. The number of carbonyl (C=O) groups is 4. The lowest BCUT2D eigenvalue weighted by atomic mass is 9.93. The molecule has 4 heterocycles. The average Bonchev–Trinajstić information content (AvgIpc) is 3.35. The van der Waals surface area contributed by atoms with Gasteiger partial charge in [0.25, 0.3) is 0 Å². The van der Waals surface area contributed by atoms with Gasteiger partial charge in [0, 0.05) is 27.2 Å². The van der Waals surface area contributed by atoms with E-state index in [0.29, 0.717) is 6.42 Å². The molecule has 4 amide bonds. The molecule has 20 atom stereocenters. The predicted molar refractivity (Wildman–Crippen MR) is 254 cm³/mol. The van der Waals surface area contributed by atoms with E-state index >= 15 is 0 Å². The molecule has 73 heavy (non-hydrogen) atoms. The van der Waals surface area contributed by atoms with Gasteiger partial charge in [0.1, 0.15) is 97.4 Å². The predicted octanol–water partition coefficient (Wildman–Crippen LogP) is -3.16. The minimum absolute atomic E-state index is 0.0518. The molecule has 0 saturated carbocycles. The first-order valence-electron chi connectivity index (χ1n) is 25.8. The third kappa shape index (κ3) is 18.3. The second-order valence-electron chi connectivity index (χ2n) is 19.3. The van der Waals surface area contributed by atoms with Crippen LogP contribution in [0.3, 0.4) is 0 Å². The fraction of sp³-hybridized carbons (Fsp3) is 0.875. The number of aliphatic hydroxyl groups is 10. The summed E-state index contributed by atoms with van der Waals surface area (Å²) in [5.74, 6) is -2.66. The van der Waals surface area contributed by atoms with E-state index in [0.717, 1.165) is 59.3 Å². The van der Waals surface area contributed by atoms with Gasteiger partial charge < -0.3 is 105 Å². The number of carbonyl (C=O) groups excluding carboxylic acids is 4. The van der Waals surface area contributed by atoms with Crippen LogP contribution in [0.25, 0.3) is 0 Å². The zero-order valence-electron chi connectivity index (χ0n) is 42.4. The summed E-state index contributed by atoms with van der Waals surface area (Å²) in [5, 5.41) is 119. The van der Waals surface area contributed by atoms with E-state index in [9.17, 15) is 70.2 Å². The molecule has 0 spiro atoms. The lowest BCUT2D eigenvalue weighted by Crippen LogP contribution is -2.71. The Morgan fingerprint density at radius 3 is 1.22 bits per heavy atom. The summed E-state index contributed by atoms with van der Waals surface area (Å²) in [7, 11) is 0. The van der Waals surface area contributed by atoms with Gasteiger partial charge in [-0.2, -0.15) is 0 Å². The molecule has 25 nitrogen and oxygen atoms in total. The Morgan fingerprint density at radius 2 is 0.795 bits per heavy atom. The number of rotatable bonds is 29. The van der Waals surface area contributed by atoms with Gasteiger partial charge in [-0.15, -0.1) is 0 Å². The number of allylic oxidation sites excluding steroid dienone is 2. The van der Waals surface area contributed by atoms with Crippen LogP contribution in [0, 0.1) is 0 Å². The van der Waals surface area contributed by atoms with Crippen molar-refractivity contribution in [3.8, 4) is 0 Å². The molecular weight excluding hydrogens is 969 g/mol. The standard InChI is InChI=1S/C48H84N4O21/c1-5-6-7-8-9-10-11-12-13-14-15-16-17-18-19-20-32(60)52-34-38(62)37(61)28(21-53)68-46(34)72-43-30(23-55)70-48(36(40(43)64)51-27(4)59)73-44-31(24-56)69-47(35(41(44)65)50-26(3)58)71-42-29(22-54)67-45(66)33(39(42)63)49-25(2)57/h12-13,28-31,33-48,53-56,61-66H,5-11,14-24H2,1-4H3,(H,49,57)(H,50,58)(H,51,59)(H,52,60)/b13-12-/t28-,29-,30-,31-,33-,34-,35-,36-,37-,38-,39?,40?,41-,42-,43-,44-,45?,46+,47+,48+/m1/s1. The molecule has 0 radical (unpaired) electrons. The van der Waals surface area contributed by atoms with Gasteiger partial charge in [-0.1, -0.05) is 70.4 Å². The molecule has 4 saturated heterocycles. The Labute approximate surface area is 426 Å². The quantitative estimate of drug-likeness (QED) is 0.0260. The number of nitrogens with one attached hydrogen (secondary N) is 4. The zero-order valence-corrected chi connectivity index (χ0v) is 42.4. The highest BCUT2D eigenvalue weighted by atomic mass is 16.8. The topological polar surface area (TPSA) is 383 Å². The summed E-state index contributed by atoms with van der Waals surface area (Å²) in [4.78, 5) is 50.3. The van der Waals surface area contributed by atoms with Crippen molar-refractivity contribution in [1.29, 1.82) is 0 Å². The maximum atomic E-state index is 13.3. The highest BCUT2D eigenvalue weighted by Crippen LogP contribution is 2.34. The molecule has 0 bridgehead atoms. The van der Waals surface area contributed by atoms with Crippen molar-refractivity contribution in [3.63, 3.8) is 0 Å². The molecule has 0 aromatic rings. The highest BCUT2D eigenvalue weighted by Gasteiger charge is 2.56. The number of unbranched alkanes of at least 4 members (excludes halogenated alkanes) is 11. The van der Waals surface area contributed by atoms with E-state index in [-0.39, 0.29) is 6.42 Å². The monoisotopic (exact) mass is 1050 g/mol. The second-order valence-corrected chi connectivity index (χ2v) is 19.3. The molecule has 4 aliphatic heterocycles. The van der Waals surface area contributed by atoms with Gasteiger partial charge in [0.2, 0.25) is 23.6 Å². The third-order valence-corrected chi connectivity index (χ3v) is 13.4. The summed E-state index contributed by atoms with van der Waals surface area (Å²) >= 11 is 0.